The number of para-hydroxylation sites is 1. The Morgan fingerprint density at radius 2 is 1.61 bits per heavy atom. The maximum Gasteiger partial charge on any atom is 0.338 e. The van der Waals surface area contributed by atoms with Crippen LogP contribution in [0.3, 0.4) is 0 Å². The predicted molar refractivity (Wildman–Crippen MR) is 86.5 cm³/mol. The molecule has 0 heterocycles. The number of amides is 1. The molecule has 23 heavy (non-hydrogen) atoms. The molecule has 1 amide bonds. The van der Waals surface area contributed by atoms with Crippen molar-refractivity contribution in [3.63, 3.8) is 0 Å². The third kappa shape index (κ3) is 5.47. The maximum atomic E-state index is 11.8. The van der Waals surface area contributed by atoms with Crippen molar-refractivity contribution in [2.24, 2.45) is 0 Å². The molecule has 0 aliphatic heterocycles. The van der Waals surface area contributed by atoms with Crippen molar-refractivity contribution < 1.29 is 19.1 Å². The quantitative estimate of drug-likeness (QED) is 0.797. The van der Waals surface area contributed by atoms with E-state index in [1.165, 1.54) is 0 Å². The van der Waals surface area contributed by atoms with E-state index in [-0.39, 0.29) is 12.5 Å². The van der Waals surface area contributed by atoms with E-state index in [0.29, 0.717) is 17.9 Å². The number of ether oxygens (including phenoxy) is 2. The van der Waals surface area contributed by atoms with Crippen molar-refractivity contribution in [3.05, 3.63) is 60.2 Å². The summed E-state index contributed by atoms with van der Waals surface area (Å²) in [6.07, 6.45) is 0.836. The van der Waals surface area contributed by atoms with Crippen LogP contribution in [0.1, 0.15) is 23.7 Å². The summed E-state index contributed by atoms with van der Waals surface area (Å²) in [5, 5.41) is 2.64. The molecule has 0 spiro atoms. The van der Waals surface area contributed by atoms with Crippen LogP contribution in [-0.4, -0.2) is 25.0 Å². The summed E-state index contributed by atoms with van der Waals surface area (Å²) in [7, 11) is 0. The highest BCUT2D eigenvalue weighted by molar-refractivity contribution is 5.91. The molecule has 0 aromatic heterocycles. The Balaban J connectivity index is 1.86. The average molecular weight is 313 g/mol. The molecule has 0 saturated carbocycles. The van der Waals surface area contributed by atoms with Gasteiger partial charge in [0.1, 0.15) is 11.5 Å². The zero-order valence-corrected chi connectivity index (χ0v) is 13.0. The highest BCUT2D eigenvalue weighted by atomic mass is 16.5. The molecule has 0 unspecified atom stereocenters. The summed E-state index contributed by atoms with van der Waals surface area (Å²) in [4.78, 5) is 23.2. The zero-order valence-electron chi connectivity index (χ0n) is 13.0. The fraction of sp³-hybridized carbons (Fsp3) is 0.222. The topological polar surface area (TPSA) is 64.6 Å². The Bertz CT molecular complexity index is 638. The second kappa shape index (κ2) is 8.58. The molecule has 5 heteroatoms. The average Bonchev–Trinajstić information content (AvgIpc) is 2.59. The van der Waals surface area contributed by atoms with Gasteiger partial charge >= 0.3 is 5.97 Å². The lowest BCUT2D eigenvalue weighted by Crippen LogP contribution is -2.29. The van der Waals surface area contributed by atoms with Crippen LogP contribution in [0.5, 0.6) is 11.5 Å². The van der Waals surface area contributed by atoms with E-state index >= 15 is 0 Å². The fourth-order valence-electron chi connectivity index (χ4n) is 1.81. The summed E-state index contributed by atoms with van der Waals surface area (Å²) >= 11 is 0. The van der Waals surface area contributed by atoms with Gasteiger partial charge in [-0.2, -0.15) is 0 Å². The first kappa shape index (κ1) is 16.5. The van der Waals surface area contributed by atoms with E-state index in [0.717, 1.165) is 12.2 Å². The standard InChI is InChI=1S/C18H19NO4/c1-2-12-19-17(20)13-22-18(21)14-8-10-16(11-9-14)23-15-6-4-3-5-7-15/h3-11H,2,12-13H2,1H3,(H,19,20). The van der Waals surface area contributed by atoms with Gasteiger partial charge in [0.25, 0.3) is 5.91 Å². The zero-order chi connectivity index (χ0) is 16.5. The molecule has 0 aliphatic rings. The lowest BCUT2D eigenvalue weighted by atomic mass is 10.2. The Labute approximate surface area is 135 Å². The van der Waals surface area contributed by atoms with Crippen LogP contribution in [0.2, 0.25) is 0 Å². The van der Waals surface area contributed by atoms with Gasteiger partial charge in [-0.3, -0.25) is 4.79 Å². The molecule has 1 N–H and O–H groups in total. The van der Waals surface area contributed by atoms with Crippen molar-refractivity contribution in [3.8, 4) is 11.5 Å². The minimum atomic E-state index is -0.539. The van der Waals surface area contributed by atoms with Crippen LogP contribution in [0, 0.1) is 0 Å². The summed E-state index contributed by atoms with van der Waals surface area (Å²) in [6, 6.07) is 15.9. The Morgan fingerprint density at radius 3 is 2.26 bits per heavy atom. The molecular weight excluding hydrogens is 294 g/mol. The SMILES string of the molecule is CCCNC(=O)COC(=O)c1ccc(Oc2ccccc2)cc1. The van der Waals surface area contributed by atoms with Gasteiger partial charge < -0.3 is 14.8 Å². The number of rotatable bonds is 7. The van der Waals surface area contributed by atoms with Gasteiger partial charge in [0, 0.05) is 6.54 Å². The summed E-state index contributed by atoms with van der Waals surface area (Å²) < 4.78 is 10.6. The number of nitrogens with one attached hydrogen (secondary N) is 1. The van der Waals surface area contributed by atoms with Crippen molar-refractivity contribution in [1.82, 2.24) is 5.32 Å². The molecule has 0 aliphatic carbocycles. The van der Waals surface area contributed by atoms with E-state index in [1.54, 1.807) is 24.3 Å². The monoisotopic (exact) mass is 313 g/mol. The van der Waals surface area contributed by atoms with Crippen molar-refractivity contribution >= 4 is 11.9 Å². The van der Waals surface area contributed by atoms with E-state index in [9.17, 15) is 9.59 Å². The normalized spacial score (nSPS) is 9.96. The first-order valence-corrected chi connectivity index (χ1v) is 7.46. The van der Waals surface area contributed by atoms with Crippen LogP contribution in [-0.2, 0) is 9.53 Å². The number of hydrogen-bond acceptors (Lipinski definition) is 4. The smallest absolute Gasteiger partial charge is 0.338 e. The second-order valence-electron chi connectivity index (χ2n) is 4.87. The molecule has 5 nitrogen and oxygen atoms in total. The Hall–Kier alpha value is -2.82. The van der Waals surface area contributed by atoms with Crippen molar-refractivity contribution in [2.45, 2.75) is 13.3 Å². The first-order chi connectivity index (χ1) is 11.2. The third-order valence-corrected chi connectivity index (χ3v) is 2.98. The number of carbonyl (C=O) groups excluding carboxylic acids is 2. The highest BCUT2D eigenvalue weighted by Crippen LogP contribution is 2.21. The summed E-state index contributed by atoms with van der Waals surface area (Å²) in [6.45, 7) is 2.24. The second-order valence-corrected chi connectivity index (χ2v) is 4.87. The lowest BCUT2D eigenvalue weighted by molar-refractivity contribution is -0.124. The molecule has 0 radical (unpaired) electrons. The molecule has 0 bridgehead atoms. The van der Waals surface area contributed by atoms with Crippen LogP contribution < -0.4 is 10.1 Å². The van der Waals surface area contributed by atoms with Gasteiger partial charge in [0.2, 0.25) is 0 Å². The minimum Gasteiger partial charge on any atom is -0.457 e. The van der Waals surface area contributed by atoms with E-state index in [4.69, 9.17) is 9.47 Å². The number of benzene rings is 2. The highest BCUT2D eigenvalue weighted by Gasteiger charge is 2.10. The molecule has 2 aromatic carbocycles. The van der Waals surface area contributed by atoms with E-state index in [1.807, 2.05) is 37.3 Å². The van der Waals surface area contributed by atoms with Crippen molar-refractivity contribution in [2.75, 3.05) is 13.2 Å². The molecule has 2 aromatic rings. The minimum absolute atomic E-state index is 0.277. The fourth-order valence-corrected chi connectivity index (χ4v) is 1.81. The van der Waals surface area contributed by atoms with E-state index < -0.39 is 5.97 Å². The molecule has 120 valence electrons. The predicted octanol–water partition coefficient (Wildman–Crippen LogP) is 3.16. The van der Waals surface area contributed by atoms with Crippen LogP contribution in [0.4, 0.5) is 0 Å². The first-order valence-electron chi connectivity index (χ1n) is 7.46. The van der Waals surface area contributed by atoms with Crippen molar-refractivity contribution in [1.29, 1.82) is 0 Å². The largest absolute Gasteiger partial charge is 0.457 e. The van der Waals surface area contributed by atoms with Gasteiger partial charge in [-0.05, 0) is 42.8 Å². The maximum absolute atomic E-state index is 11.8. The molecule has 0 fully saturated rings. The molecule has 0 saturated heterocycles. The third-order valence-electron chi connectivity index (χ3n) is 2.98. The lowest BCUT2D eigenvalue weighted by Gasteiger charge is -2.07. The molecule has 2 rings (SSSR count). The van der Waals surface area contributed by atoms with Gasteiger partial charge in [0.05, 0.1) is 5.56 Å². The van der Waals surface area contributed by atoms with Crippen LogP contribution in [0.15, 0.2) is 54.6 Å². The summed E-state index contributed by atoms with van der Waals surface area (Å²) in [5.41, 5.74) is 0.369. The van der Waals surface area contributed by atoms with E-state index in [2.05, 4.69) is 5.32 Å². The number of esters is 1. The molecule has 0 atom stereocenters. The number of hydrogen-bond donors (Lipinski definition) is 1. The Morgan fingerprint density at radius 1 is 0.957 bits per heavy atom. The van der Waals surface area contributed by atoms with Gasteiger partial charge in [-0.15, -0.1) is 0 Å². The van der Waals surface area contributed by atoms with Gasteiger partial charge in [-0.25, -0.2) is 4.79 Å². The summed E-state index contributed by atoms with van der Waals surface area (Å²) in [5.74, 6) is 0.496. The number of carbonyl (C=O) groups is 2. The molecular formula is C18H19NO4. The Kier molecular flexibility index (Phi) is 6.17. The van der Waals surface area contributed by atoms with Crippen LogP contribution in [0.25, 0.3) is 0 Å². The van der Waals surface area contributed by atoms with Crippen LogP contribution >= 0.6 is 0 Å². The van der Waals surface area contributed by atoms with Gasteiger partial charge in [-0.1, -0.05) is 25.1 Å². The van der Waals surface area contributed by atoms with Gasteiger partial charge in [0.15, 0.2) is 6.61 Å².